The number of carbonyl (C=O) groups excluding carboxylic acids is 2. The molecule has 0 aromatic heterocycles. The van der Waals surface area contributed by atoms with Gasteiger partial charge in [-0.3, -0.25) is 14.9 Å². The van der Waals surface area contributed by atoms with E-state index in [0.29, 0.717) is 0 Å². The van der Waals surface area contributed by atoms with Crippen molar-refractivity contribution in [3.05, 3.63) is 35.9 Å². The molecule has 2 atom stereocenters. The molecule has 7 nitrogen and oxygen atoms in total. The molecule has 0 unspecified atom stereocenters. The number of rotatable bonds is 5. The fraction of sp³-hybridized carbons (Fsp3) is 0.471. The molecule has 1 aromatic carbocycles. The van der Waals surface area contributed by atoms with Gasteiger partial charge < -0.3 is 16.2 Å². The van der Waals surface area contributed by atoms with Crippen LogP contribution in [0.25, 0.3) is 0 Å². The molecule has 1 aromatic rings. The molecule has 5 N–H and O–H groups in total. The molecule has 0 spiro atoms. The van der Waals surface area contributed by atoms with Crippen molar-refractivity contribution in [1.82, 2.24) is 10.6 Å². The zero-order valence-corrected chi connectivity index (χ0v) is 13.6. The number of urea groups is 1. The smallest absolute Gasteiger partial charge is 0.322 e. The van der Waals surface area contributed by atoms with Crippen molar-refractivity contribution in [2.45, 2.75) is 44.2 Å². The van der Waals surface area contributed by atoms with Gasteiger partial charge in [0.05, 0.1) is 0 Å². The molecule has 3 amide bonds. The lowest BCUT2D eigenvalue weighted by molar-refractivity contribution is -0.137. The third-order valence-corrected chi connectivity index (χ3v) is 4.30. The summed E-state index contributed by atoms with van der Waals surface area (Å²) < 4.78 is 0. The predicted octanol–water partition coefficient (Wildman–Crippen LogP) is 1.55. The number of carboxylic acid groups (broad SMARTS) is 1. The van der Waals surface area contributed by atoms with Crippen molar-refractivity contribution in [3.8, 4) is 0 Å². The van der Waals surface area contributed by atoms with Gasteiger partial charge in [-0.15, -0.1) is 0 Å². The SMILES string of the molecule is C[C@H](N)c1ccccc1.O=C(O)CC[C@@]1(C2CC2)NC(=O)NC1=O. The van der Waals surface area contributed by atoms with E-state index in [0.717, 1.165) is 12.8 Å². The Hall–Kier alpha value is -2.41. The first-order valence-electron chi connectivity index (χ1n) is 8.01. The number of hydrogen-bond donors (Lipinski definition) is 4. The van der Waals surface area contributed by atoms with E-state index in [1.807, 2.05) is 37.3 Å². The summed E-state index contributed by atoms with van der Waals surface area (Å²) in [6.07, 6.45) is 1.80. The fourth-order valence-corrected chi connectivity index (χ4v) is 2.81. The Bertz CT molecular complexity index is 614. The second-order valence-electron chi connectivity index (χ2n) is 6.25. The van der Waals surface area contributed by atoms with Crippen molar-refractivity contribution < 1.29 is 19.5 Å². The molecule has 2 aliphatic rings. The summed E-state index contributed by atoms with van der Waals surface area (Å²) in [5.74, 6) is -1.23. The maximum atomic E-state index is 11.6. The minimum Gasteiger partial charge on any atom is -0.481 e. The van der Waals surface area contributed by atoms with Crippen LogP contribution in [0.5, 0.6) is 0 Å². The Labute approximate surface area is 140 Å². The van der Waals surface area contributed by atoms with E-state index >= 15 is 0 Å². The number of benzene rings is 1. The summed E-state index contributed by atoms with van der Waals surface area (Å²) >= 11 is 0. The van der Waals surface area contributed by atoms with Crippen LogP contribution in [0.3, 0.4) is 0 Å². The molecule has 24 heavy (non-hydrogen) atoms. The average molecular weight is 333 g/mol. The van der Waals surface area contributed by atoms with Gasteiger partial charge in [0.15, 0.2) is 0 Å². The van der Waals surface area contributed by atoms with Crippen molar-refractivity contribution in [1.29, 1.82) is 0 Å². The van der Waals surface area contributed by atoms with E-state index < -0.39 is 17.5 Å². The highest BCUT2D eigenvalue weighted by Crippen LogP contribution is 2.43. The number of nitrogens with one attached hydrogen (secondary N) is 2. The Kier molecular flexibility index (Phi) is 5.56. The Morgan fingerprint density at radius 3 is 2.33 bits per heavy atom. The van der Waals surface area contributed by atoms with Crippen LogP contribution in [0.2, 0.25) is 0 Å². The highest BCUT2D eigenvalue weighted by molar-refractivity contribution is 6.07. The van der Waals surface area contributed by atoms with Crippen LogP contribution >= 0.6 is 0 Å². The molecular weight excluding hydrogens is 310 g/mol. The van der Waals surface area contributed by atoms with Crippen molar-refractivity contribution in [2.24, 2.45) is 11.7 Å². The number of amides is 3. The molecule has 1 heterocycles. The average Bonchev–Trinajstić information content (AvgIpc) is 3.34. The number of carbonyl (C=O) groups is 3. The van der Waals surface area contributed by atoms with Gasteiger partial charge in [0.2, 0.25) is 0 Å². The lowest BCUT2D eigenvalue weighted by atomic mass is 9.88. The fourth-order valence-electron chi connectivity index (χ4n) is 2.81. The molecule has 1 aliphatic carbocycles. The first-order valence-corrected chi connectivity index (χ1v) is 8.01. The zero-order valence-electron chi connectivity index (χ0n) is 13.6. The van der Waals surface area contributed by atoms with E-state index in [1.165, 1.54) is 5.56 Å². The van der Waals surface area contributed by atoms with E-state index in [4.69, 9.17) is 10.8 Å². The number of carboxylic acids is 1. The van der Waals surface area contributed by atoms with Gasteiger partial charge in [0.1, 0.15) is 5.54 Å². The summed E-state index contributed by atoms with van der Waals surface area (Å²) in [6, 6.07) is 9.70. The van der Waals surface area contributed by atoms with Crippen LogP contribution in [-0.4, -0.2) is 28.6 Å². The summed E-state index contributed by atoms with van der Waals surface area (Å²) in [6.45, 7) is 1.98. The maximum Gasteiger partial charge on any atom is 0.322 e. The van der Waals surface area contributed by atoms with Gasteiger partial charge >= 0.3 is 12.0 Å². The molecular formula is C17H23N3O4. The van der Waals surface area contributed by atoms with Gasteiger partial charge in [-0.2, -0.15) is 0 Å². The minimum atomic E-state index is -0.963. The normalized spacial score (nSPS) is 23.6. The van der Waals surface area contributed by atoms with Crippen molar-refractivity contribution in [3.63, 3.8) is 0 Å². The van der Waals surface area contributed by atoms with Crippen LogP contribution in [0, 0.1) is 5.92 Å². The van der Waals surface area contributed by atoms with Crippen LogP contribution in [0.1, 0.15) is 44.2 Å². The first-order chi connectivity index (χ1) is 11.3. The number of aliphatic carboxylic acids is 1. The molecule has 2 fully saturated rings. The van der Waals surface area contributed by atoms with Gasteiger partial charge in [0.25, 0.3) is 5.91 Å². The van der Waals surface area contributed by atoms with Crippen LogP contribution in [-0.2, 0) is 9.59 Å². The Balaban J connectivity index is 0.000000198. The maximum absolute atomic E-state index is 11.6. The molecule has 1 aliphatic heterocycles. The largest absolute Gasteiger partial charge is 0.481 e. The molecule has 1 saturated heterocycles. The molecule has 0 radical (unpaired) electrons. The highest BCUT2D eigenvalue weighted by atomic mass is 16.4. The van der Waals surface area contributed by atoms with Crippen LogP contribution in [0.15, 0.2) is 30.3 Å². The number of hydrogen-bond acceptors (Lipinski definition) is 4. The highest BCUT2D eigenvalue weighted by Gasteiger charge is 2.55. The lowest BCUT2D eigenvalue weighted by Crippen LogP contribution is -2.49. The van der Waals surface area contributed by atoms with Gasteiger partial charge in [-0.1, -0.05) is 30.3 Å². The third kappa shape index (κ3) is 4.32. The van der Waals surface area contributed by atoms with Crippen molar-refractivity contribution >= 4 is 17.9 Å². The second-order valence-corrected chi connectivity index (χ2v) is 6.25. The lowest BCUT2D eigenvalue weighted by Gasteiger charge is -2.24. The number of imide groups is 1. The van der Waals surface area contributed by atoms with E-state index in [9.17, 15) is 14.4 Å². The van der Waals surface area contributed by atoms with Gasteiger partial charge in [-0.05, 0) is 37.7 Å². The molecule has 0 bridgehead atoms. The van der Waals surface area contributed by atoms with E-state index in [1.54, 1.807) is 0 Å². The topological polar surface area (TPSA) is 122 Å². The summed E-state index contributed by atoms with van der Waals surface area (Å²) in [5, 5.41) is 13.3. The van der Waals surface area contributed by atoms with Crippen LogP contribution in [0.4, 0.5) is 4.79 Å². The Morgan fingerprint density at radius 1 is 1.33 bits per heavy atom. The Morgan fingerprint density at radius 2 is 1.96 bits per heavy atom. The van der Waals surface area contributed by atoms with Gasteiger partial charge in [0, 0.05) is 12.5 Å². The molecule has 130 valence electrons. The van der Waals surface area contributed by atoms with Gasteiger partial charge in [-0.25, -0.2) is 4.79 Å². The zero-order chi connectivity index (χ0) is 17.7. The van der Waals surface area contributed by atoms with E-state index in [2.05, 4.69) is 10.6 Å². The molecule has 7 heteroatoms. The first kappa shape index (κ1) is 17.9. The summed E-state index contributed by atoms with van der Waals surface area (Å²) in [4.78, 5) is 33.2. The number of nitrogens with two attached hydrogens (primary N) is 1. The van der Waals surface area contributed by atoms with Crippen LogP contribution < -0.4 is 16.4 Å². The second kappa shape index (κ2) is 7.44. The summed E-state index contributed by atoms with van der Waals surface area (Å²) in [7, 11) is 0. The van der Waals surface area contributed by atoms with Crippen molar-refractivity contribution in [2.75, 3.05) is 0 Å². The standard InChI is InChI=1S/C9H12N2O4.C8H11N/c12-6(13)3-4-9(5-1-2-5)7(14)10-8(15)11-9;1-7(9)8-5-3-2-4-6-8/h5H,1-4H2,(H,12,13)(H2,10,11,14,15);2-7H,9H2,1H3/t9-;7-/m00/s1. The van der Waals surface area contributed by atoms with E-state index in [-0.39, 0.29) is 30.7 Å². The summed E-state index contributed by atoms with van der Waals surface area (Å²) in [5.41, 5.74) is 5.84. The minimum absolute atomic E-state index is 0.100. The molecule has 1 saturated carbocycles. The monoisotopic (exact) mass is 333 g/mol. The predicted molar refractivity (Wildman–Crippen MR) is 88.0 cm³/mol. The third-order valence-electron chi connectivity index (χ3n) is 4.30. The molecule has 3 rings (SSSR count). The quantitative estimate of drug-likeness (QED) is 0.609.